The summed E-state index contributed by atoms with van der Waals surface area (Å²) in [6.07, 6.45) is 26.3. The maximum atomic E-state index is 2.47. The van der Waals surface area contributed by atoms with Crippen LogP contribution in [0.25, 0.3) is 0 Å². The highest BCUT2D eigenvalue weighted by atomic mass is 14.1. The average Bonchev–Trinajstić information content (AvgIpc) is 2.52. The first-order chi connectivity index (χ1) is 10.8. The molecule has 0 aliphatic carbocycles. The summed E-state index contributed by atoms with van der Waals surface area (Å²) in [5, 5.41) is 0. The molecule has 0 nitrogen and oxygen atoms in total. The molecule has 0 rings (SSSR count). The van der Waals surface area contributed by atoms with Crippen molar-refractivity contribution >= 4 is 0 Å². The Hall–Kier alpha value is 0. The Kier molecular flexibility index (Phi) is 19.0. The highest BCUT2D eigenvalue weighted by molar-refractivity contribution is 4.56. The van der Waals surface area contributed by atoms with Crippen LogP contribution in [0.15, 0.2) is 0 Å². The zero-order valence-corrected chi connectivity index (χ0v) is 16.3. The molecule has 0 radical (unpaired) electrons. The Morgan fingerprint density at radius 3 is 1.00 bits per heavy atom. The van der Waals surface area contributed by atoms with Gasteiger partial charge in [-0.2, -0.15) is 0 Å². The first-order valence-corrected chi connectivity index (χ1v) is 10.8. The molecule has 0 aromatic rings. The maximum Gasteiger partial charge on any atom is -0.0443 e. The highest BCUT2D eigenvalue weighted by Gasteiger charge is 2.02. The van der Waals surface area contributed by atoms with Gasteiger partial charge in [-0.1, -0.05) is 136 Å². The smallest absolute Gasteiger partial charge is 0.0443 e. The predicted octanol–water partition coefficient (Wildman–Crippen LogP) is 8.68. The van der Waals surface area contributed by atoms with E-state index in [4.69, 9.17) is 0 Å². The molecule has 0 saturated carbocycles. The summed E-state index contributed by atoms with van der Waals surface area (Å²) in [5.41, 5.74) is 0. The van der Waals surface area contributed by atoms with Crippen LogP contribution < -0.4 is 0 Å². The first-order valence-electron chi connectivity index (χ1n) is 10.8. The van der Waals surface area contributed by atoms with Crippen LogP contribution in [0.2, 0.25) is 0 Å². The minimum Gasteiger partial charge on any atom is -0.0654 e. The summed E-state index contributed by atoms with van der Waals surface area (Å²) in [4.78, 5) is 0. The zero-order valence-electron chi connectivity index (χ0n) is 16.3. The van der Waals surface area contributed by atoms with Crippen molar-refractivity contribution in [2.45, 2.75) is 136 Å². The molecule has 134 valence electrons. The van der Waals surface area contributed by atoms with E-state index in [1.165, 1.54) is 116 Å². The van der Waals surface area contributed by atoms with Gasteiger partial charge in [0.05, 0.1) is 0 Å². The molecule has 0 amide bonds. The molecule has 0 fully saturated rings. The summed E-state index contributed by atoms with van der Waals surface area (Å²) in [6.45, 7) is 7.07. The van der Waals surface area contributed by atoms with Crippen molar-refractivity contribution in [3.05, 3.63) is 0 Å². The van der Waals surface area contributed by atoms with Gasteiger partial charge >= 0.3 is 0 Å². The van der Waals surface area contributed by atoms with Gasteiger partial charge in [0.25, 0.3) is 0 Å². The van der Waals surface area contributed by atoms with E-state index in [9.17, 15) is 0 Å². The Bertz CT molecular complexity index is 184. The fourth-order valence-corrected chi connectivity index (χ4v) is 3.40. The van der Waals surface area contributed by atoms with Crippen LogP contribution in [-0.4, -0.2) is 0 Å². The molecule has 0 heteroatoms. The van der Waals surface area contributed by atoms with Crippen LogP contribution in [0, 0.1) is 5.92 Å². The lowest BCUT2D eigenvalue weighted by Gasteiger charge is -2.11. The van der Waals surface area contributed by atoms with E-state index in [2.05, 4.69) is 20.8 Å². The quantitative estimate of drug-likeness (QED) is 0.222. The van der Waals surface area contributed by atoms with Crippen LogP contribution in [-0.2, 0) is 0 Å². The third-order valence-electron chi connectivity index (χ3n) is 5.10. The van der Waals surface area contributed by atoms with Crippen molar-refractivity contribution in [3.8, 4) is 0 Å². The van der Waals surface area contributed by atoms with E-state index in [1.54, 1.807) is 0 Å². The number of unbranched alkanes of at least 4 members (excludes halogenated alkanes) is 14. The van der Waals surface area contributed by atoms with Crippen molar-refractivity contribution in [2.75, 3.05) is 0 Å². The second-order valence-corrected chi connectivity index (χ2v) is 7.63. The third-order valence-corrected chi connectivity index (χ3v) is 5.10. The minimum absolute atomic E-state index is 0.972. The molecule has 0 heterocycles. The molecule has 22 heavy (non-hydrogen) atoms. The SMILES string of the molecule is CCCCCCCCCCCC(C)CCCCCCCCC. The van der Waals surface area contributed by atoms with Gasteiger partial charge in [-0.25, -0.2) is 0 Å². The van der Waals surface area contributed by atoms with Crippen molar-refractivity contribution in [1.82, 2.24) is 0 Å². The van der Waals surface area contributed by atoms with Crippen LogP contribution >= 0.6 is 0 Å². The Morgan fingerprint density at radius 1 is 0.409 bits per heavy atom. The molecule has 0 aromatic carbocycles. The van der Waals surface area contributed by atoms with Crippen LogP contribution in [0.3, 0.4) is 0 Å². The number of rotatable bonds is 18. The van der Waals surface area contributed by atoms with Gasteiger partial charge in [0.2, 0.25) is 0 Å². The zero-order chi connectivity index (χ0) is 16.3. The van der Waals surface area contributed by atoms with Crippen molar-refractivity contribution in [1.29, 1.82) is 0 Å². The second-order valence-electron chi connectivity index (χ2n) is 7.63. The van der Waals surface area contributed by atoms with Crippen LogP contribution in [0.1, 0.15) is 136 Å². The van der Waals surface area contributed by atoms with Crippen molar-refractivity contribution < 1.29 is 0 Å². The van der Waals surface area contributed by atoms with Crippen molar-refractivity contribution in [3.63, 3.8) is 0 Å². The third kappa shape index (κ3) is 18.1. The van der Waals surface area contributed by atoms with Gasteiger partial charge in [0.15, 0.2) is 0 Å². The standard InChI is InChI=1S/C22H46/c1-4-6-8-10-12-13-15-17-19-21-22(3)20-18-16-14-11-9-7-5-2/h22H,4-21H2,1-3H3. The summed E-state index contributed by atoms with van der Waals surface area (Å²) >= 11 is 0. The van der Waals surface area contributed by atoms with Gasteiger partial charge < -0.3 is 0 Å². The van der Waals surface area contributed by atoms with Crippen LogP contribution in [0.5, 0.6) is 0 Å². The Balaban J connectivity index is 3.11. The molecule has 0 spiro atoms. The fraction of sp³-hybridized carbons (Fsp3) is 1.00. The monoisotopic (exact) mass is 310 g/mol. The van der Waals surface area contributed by atoms with Gasteiger partial charge in [-0.3, -0.25) is 0 Å². The van der Waals surface area contributed by atoms with E-state index < -0.39 is 0 Å². The van der Waals surface area contributed by atoms with E-state index in [-0.39, 0.29) is 0 Å². The lowest BCUT2D eigenvalue weighted by molar-refractivity contribution is 0.430. The topological polar surface area (TPSA) is 0 Å². The predicted molar refractivity (Wildman–Crippen MR) is 104 cm³/mol. The first kappa shape index (κ1) is 22.0. The van der Waals surface area contributed by atoms with E-state index in [0.717, 1.165) is 5.92 Å². The van der Waals surface area contributed by atoms with Crippen LogP contribution in [0.4, 0.5) is 0 Å². The van der Waals surface area contributed by atoms with Gasteiger partial charge in [-0.05, 0) is 5.92 Å². The lowest BCUT2D eigenvalue weighted by Crippen LogP contribution is -1.95. The number of hydrogen-bond acceptors (Lipinski definition) is 0. The maximum absolute atomic E-state index is 2.47. The molecule has 0 N–H and O–H groups in total. The molecule has 0 bridgehead atoms. The number of hydrogen-bond donors (Lipinski definition) is 0. The van der Waals surface area contributed by atoms with E-state index in [1.807, 2.05) is 0 Å². The summed E-state index contributed by atoms with van der Waals surface area (Å²) in [6, 6.07) is 0. The molecule has 0 aliphatic heterocycles. The highest BCUT2D eigenvalue weighted by Crippen LogP contribution is 2.18. The van der Waals surface area contributed by atoms with Gasteiger partial charge in [0.1, 0.15) is 0 Å². The molecule has 0 aliphatic rings. The summed E-state index contributed by atoms with van der Waals surface area (Å²) in [5.74, 6) is 0.972. The summed E-state index contributed by atoms with van der Waals surface area (Å²) in [7, 11) is 0. The van der Waals surface area contributed by atoms with Gasteiger partial charge in [0, 0.05) is 0 Å². The van der Waals surface area contributed by atoms with E-state index in [0.29, 0.717) is 0 Å². The largest absolute Gasteiger partial charge is 0.0654 e. The van der Waals surface area contributed by atoms with E-state index >= 15 is 0 Å². The Labute approximate surface area is 142 Å². The van der Waals surface area contributed by atoms with Crippen molar-refractivity contribution in [2.24, 2.45) is 5.92 Å². The molecule has 0 aromatic heterocycles. The average molecular weight is 311 g/mol. The normalized spacial score (nSPS) is 12.7. The molecular weight excluding hydrogens is 264 g/mol. The fourth-order valence-electron chi connectivity index (χ4n) is 3.40. The molecule has 1 atom stereocenters. The van der Waals surface area contributed by atoms with Gasteiger partial charge in [-0.15, -0.1) is 0 Å². The second kappa shape index (κ2) is 19.0. The minimum atomic E-state index is 0.972. The summed E-state index contributed by atoms with van der Waals surface area (Å²) < 4.78 is 0. The lowest BCUT2D eigenvalue weighted by atomic mass is 9.96. The molecular formula is C22H46. The molecule has 0 saturated heterocycles. The Morgan fingerprint density at radius 2 is 0.682 bits per heavy atom. The molecule has 1 unspecified atom stereocenters.